The normalized spacial score (nSPS) is 19.2. The molecule has 29 heavy (non-hydrogen) atoms. The Morgan fingerprint density at radius 1 is 0.931 bits per heavy atom. The molecule has 1 fully saturated rings. The zero-order chi connectivity index (χ0) is 22.0. The highest BCUT2D eigenvalue weighted by Crippen LogP contribution is 2.35. The van der Waals surface area contributed by atoms with E-state index in [0.717, 1.165) is 32.1 Å². The SMILES string of the molecule is CCC(CC(CC(C)C(=O)OC1(CC)CCCCC1)C(=O)O)C(=O)OCC(C)C. The van der Waals surface area contributed by atoms with Crippen molar-refractivity contribution in [1.82, 2.24) is 0 Å². The van der Waals surface area contributed by atoms with Crippen LogP contribution in [0, 0.1) is 23.7 Å². The quantitative estimate of drug-likeness (QED) is 0.454. The van der Waals surface area contributed by atoms with Gasteiger partial charge in [0.15, 0.2) is 0 Å². The second-order valence-electron chi connectivity index (χ2n) is 9.05. The number of rotatable bonds is 12. The average Bonchev–Trinajstić information content (AvgIpc) is 2.69. The minimum absolute atomic E-state index is 0.169. The Hall–Kier alpha value is -1.59. The smallest absolute Gasteiger partial charge is 0.309 e. The molecule has 1 aliphatic carbocycles. The van der Waals surface area contributed by atoms with Crippen molar-refractivity contribution < 1.29 is 29.0 Å². The predicted molar refractivity (Wildman–Crippen MR) is 111 cm³/mol. The first-order valence-electron chi connectivity index (χ1n) is 11.3. The minimum Gasteiger partial charge on any atom is -0.481 e. The topological polar surface area (TPSA) is 89.9 Å². The molecule has 0 saturated heterocycles. The van der Waals surface area contributed by atoms with Crippen molar-refractivity contribution in [2.45, 2.75) is 98.0 Å². The first-order chi connectivity index (χ1) is 13.6. The van der Waals surface area contributed by atoms with Crippen LogP contribution in [-0.4, -0.2) is 35.2 Å². The summed E-state index contributed by atoms with van der Waals surface area (Å²) in [6, 6.07) is 0. The number of carboxylic acids is 1. The fraction of sp³-hybridized carbons (Fsp3) is 0.870. The molecular weight excluding hydrogens is 372 g/mol. The average molecular weight is 413 g/mol. The minimum atomic E-state index is -0.984. The van der Waals surface area contributed by atoms with Gasteiger partial charge in [-0.3, -0.25) is 14.4 Å². The van der Waals surface area contributed by atoms with Gasteiger partial charge >= 0.3 is 17.9 Å². The van der Waals surface area contributed by atoms with Crippen molar-refractivity contribution in [2.24, 2.45) is 23.7 Å². The summed E-state index contributed by atoms with van der Waals surface area (Å²) in [7, 11) is 0. The summed E-state index contributed by atoms with van der Waals surface area (Å²) < 4.78 is 11.2. The lowest BCUT2D eigenvalue weighted by Gasteiger charge is -2.37. The number of esters is 2. The molecule has 168 valence electrons. The first-order valence-corrected chi connectivity index (χ1v) is 11.3. The van der Waals surface area contributed by atoms with Gasteiger partial charge in [-0.2, -0.15) is 0 Å². The summed E-state index contributed by atoms with van der Waals surface area (Å²) in [6.07, 6.45) is 6.69. The molecule has 1 saturated carbocycles. The van der Waals surface area contributed by atoms with E-state index in [4.69, 9.17) is 9.47 Å². The first kappa shape index (κ1) is 25.4. The molecule has 0 aliphatic heterocycles. The third-order valence-corrected chi connectivity index (χ3v) is 6.07. The van der Waals surface area contributed by atoms with Gasteiger partial charge in [-0.1, -0.05) is 41.0 Å². The van der Waals surface area contributed by atoms with Crippen LogP contribution in [0.1, 0.15) is 92.4 Å². The molecule has 0 aromatic carbocycles. The second kappa shape index (κ2) is 12.2. The van der Waals surface area contributed by atoms with Gasteiger partial charge in [0.05, 0.1) is 24.4 Å². The molecule has 0 aromatic heterocycles. The molecule has 3 unspecified atom stereocenters. The Labute approximate surface area is 175 Å². The molecule has 6 nitrogen and oxygen atoms in total. The number of hydrogen-bond acceptors (Lipinski definition) is 5. The molecule has 0 spiro atoms. The molecule has 1 rings (SSSR count). The predicted octanol–water partition coefficient (Wildman–Crippen LogP) is 4.99. The number of carbonyl (C=O) groups is 3. The van der Waals surface area contributed by atoms with Gasteiger partial charge in [-0.15, -0.1) is 0 Å². The Balaban J connectivity index is 2.69. The Morgan fingerprint density at radius 3 is 2.03 bits per heavy atom. The molecule has 1 N–H and O–H groups in total. The van der Waals surface area contributed by atoms with E-state index in [0.29, 0.717) is 13.0 Å². The van der Waals surface area contributed by atoms with Crippen molar-refractivity contribution in [1.29, 1.82) is 0 Å². The van der Waals surface area contributed by atoms with Gasteiger partial charge in [0.1, 0.15) is 5.60 Å². The highest BCUT2D eigenvalue weighted by molar-refractivity contribution is 5.77. The summed E-state index contributed by atoms with van der Waals surface area (Å²) in [6.45, 7) is 9.86. The van der Waals surface area contributed by atoms with Crippen LogP contribution in [0.5, 0.6) is 0 Å². The third-order valence-electron chi connectivity index (χ3n) is 6.07. The van der Waals surface area contributed by atoms with E-state index >= 15 is 0 Å². The molecule has 1 aliphatic rings. The van der Waals surface area contributed by atoms with Crippen LogP contribution in [0.15, 0.2) is 0 Å². The number of aliphatic carboxylic acids is 1. The largest absolute Gasteiger partial charge is 0.481 e. The molecule has 0 bridgehead atoms. The summed E-state index contributed by atoms with van der Waals surface area (Å²) >= 11 is 0. The van der Waals surface area contributed by atoms with E-state index in [-0.39, 0.29) is 30.7 Å². The fourth-order valence-electron chi connectivity index (χ4n) is 4.00. The van der Waals surface area contributed by atoms with Gasteiger partial charge in [-0.05, 0) is 57.3 Å². The number of hydrogen-bond donors (Lipinski definition) is 1. The number of carbonyl (C=O) groups excluding carboxylic acids is 2. The lowest BCUT2D eigenvalue weighted by molar-refractivity contribution is -0.169. The summed E-state index contributed by atoms with van der Waals surface area (Å²) in [4.78, 5) is 36.8. The molecule has 0 aromatic rings. The van der Waals surface area contributed by atoms with Crippen LogP contribution in [-0.2, 0) is 23.9 Å². The summed E-state index contributed by atoms with van der Waals surface area (Å²) in [5.41, 5.74) is -0.394. The van der Waals surface area contributed by atoms with Crippen LogP contribution in [0.2, 0.25) is 0 Å². The van der Waals surface area contributed by atoms with Crippen molar-refractivity contribution in [3.63, 3.8) is 0 Å². The maximum atomic E-state index is 12.7. The van der Waals surface area contributed by atoms with E-state index < -0.39 is 29.3 Å². The monoisotopic (exact) mass is 412 g/mol. The molecule has 0 radical (unpaired) electrons. The van der Waals surface area contributed by atoms with E-state index in [2.05, 4.69) is 0 Å². The molecular formula is C23H40O6. The molecule has 3 atom stereocenters. The Kier molecular flexibility index (Phi) is 10.7. The second-order valence-corrected chi connectivity index (χ2v) is 9.05. The van der Waals surface area contributed by atoms with Gasteiger partial charge < -0.3 is 14.6 Å². The Morgan fingerprint density at radius 2 is 1.55 bits per heavy atom. The molecule has 6 heteroatoms. The maximum Gasteiger partial charge on any atom is 0.309 e. The standard InChI is InChI=1S/C23H40O6/c1-6-18(22(27)28-15-16(3)4)14-19(20(24)25)13-17(5)21(26)29-23(7-2)11-9-8-10-12-23/h16-19H,6-15H2,1-5H3,(H,24,25). The summed E-state index contributed by atoms with van der Waals surface area (Å²) in [5.74, 6) is -3.21. The molecule has 0 heterocycles. The lowest BCUT2D eigenvalue weighted by atomic mass is 9.82. The third kappa shape index (κ3) is 8.35. The van der Waals surface area contributed by atoms with E-state index in [1.807, 2.05) is 27.7 Å². The zero-order valence-corrected chi connectivity index (χ0v) is 18.9. The van der Waals surface area contributed by atoms with Crippen molar-refractivity contribution in [2.75, 3.05) is 6.61 Å². The maximum absolute atomic E-state index is 12.7. The van der Waals surface area contributed by atoms with Crippen LogP contribution < -0.4 is 0 Å². The fourth-order valence-corrected chi connectivity index (χ4v) is 4.00. The lowest BCUT2D eigenvalue weighted by Crippen LogP contribution is -2.38. The van der Waals surface area contributed by atoms with Crippen molar-refractivity contribution in [3.05, 3.63) is 0 Å². The van der Waals surface area contributed by atoms with E-state index in [1.54, 1.807) is 6.92 Å². The molecule has 0 amide bonds. The van der Waals surface area contributed by atoms with Crippen LogP contribution in [0.25, 0.3) is 0 Å². The highest BCUT2D eigenvalue weighted by atomic mass is 16.6. The van der Waals surface area contributed by atoms with Gasteiger partial charge in [0.25, 0.3) is 0 Å². The van der Waals surface area contributed by atoms with Gasteiger partial charge in [0.2, 0.25) is 0 Å². The van der Waals surface area contributed by atoms with E-state index in [1.165, 1.54) is 6.42 Å². The van der Waals surface area contributed by atoms with Crippen LogP contribution in [0.3, 0.4) is 0 Å². The Bertz CT molecular complexity index is 535. The summed E-state index contributed by atoms with van der Waals surface area (Å²) in [5, 5.41) is 9.66. The number of carboxylic acid groups (broad SMARTS) is 1. The van der Waals surface area contributed by atoms with Gasteiger partial charge in [0, 0.05) is 0 Å². The van der Waals surface area contributed by atoms with E-state index in [9.17, 15) is 19.5 Å². The van der Waals surface area contributed by atoms with Crippen molar-refractivity contribution in [3.8, 4) is 0 Å². The number of ether oxygens (including phenoxy) is 2. The van der Waals surface area contributed by atoms with Crippen LogP contribution in [0.4, 0.5) is 0 Å². The van der Waals surface area contributed by atoms with Crippen molar-refractivity contribution >= 4 is 17.9 Å². The van der Waals surface area contributed by atoms with Gasteiger partial charge in [-0.25, -0.2) is 0 Å². The highest BCUT2D eigenvalue weighted by Gasteiger charge is 2.37. The zero-order valence-electron chi connectivity index (χ0n) is 18.9. The van der Waals surface area contributed by atoms with Crippen LogP contribution >= 0.6 is 0 Å².